The van der Waals surface area contributed by atoms with Gasteiger partial charge in [0.05, 0.1) is 23.2 Å². The van der Waals surface area contributed by atoms with Crippen molar-refractivity contribution in [2.75, 3.05) is 25.1 Å². The molecule has 184 valence electrons. The molecule has 2 unspecified atom stereocenters. The Balaban J connectivity index is 1.21. The number of nitrogens with one attached hydrogen (secondary N) is 1. The number of ether oxygens (including phenoxy) is 2. The summed E-state index contributed by atoms with van der Waals surface area (Å²) in [6, 6.07) is 17.7. The van der Waals surface area contributed by atoms with Crippen molar-refractivity contribution in [3.63, 3.8) is 0 Å². The summed E-state index contributed by atoms with van der Waals surface area (Å²) in [5, 5.41) is 19.7. The molecular weight excluding hydrogens is 462 g/mol. The van der Waals surface area contributed by atoms with Crippen molar-refractivity contribution in [3.05, 3.63) is 60.3 Å². The number of nitrogens with zero attached hydrogens (tertiary/aromatic N) is 4. The number of hydrogen-bond acceptors (Lipinski definition) is 8. The van der Waals surface area contributed by atoms with Gasteiger partial charge >= 0.3 is 0 Å². The second-order valence-corrected chi connectivity index (χ2v) is 9.83. The molecule has 0 aliphatic carbocycles. The van der Waals surface area contributed by atoms with Crippen molar-refractivity contribution in [2.45, 2.75) is 45.1 Å². The van der Waals surface area contributed by atoms with Gasteiger partial charge in [-0.2, -0.15) is 10.1 Å². The molecule has 9 heteroatoms. The van der Waals surface area contributed by atoms with E-state index < -0.39 is 6.23 Å². The number of aliphatic hydroxyl groups excluding tert-OH is 1. The van der Waals surface area contributed by atoms with E-state index in [4.69, 9.17) is 19.6 Å². The molecule has 0 radical (unpaired) electrons. The summed E-state index contributed by atoms with van der Waals surface area (Å²) in [5.41, 5.74) is 2.83. The largest absolute Gasteiger partial charge is 0.497 e. The number of benzene rings is 2. The molecule has 2 aromatic heterocycles. The van der Waals surface area contributed by atoms with Gasteiger partial charge in [-0.25, -0.2) is 4.68 Å². The summed E-state index contributed by atoms with van der Waals surface area (Å²) < 4.78 is 14.1. The number of anilines is 1. The highest BCUT2D eigenvalue weighted by Crippen LogP contribution is 2.34. The number of aliphatic hydroxyl groups is 1. The van der Waals surface area contributed by atoms with Crippen molar-refractivity contribution in [1.82, 2.24) is 20.1 Å². The van der Waals surface area contributed by atoms with Crippen molar-refractivity contribution < 1.29 is 14.6 Å². The van der Waals surface area contributed by atoms with Crippen LogP contribution in [0.5, 0.6) is 11.5 Å². The normalized spacial score (nSPS) is 16.4. The van der Waals surface area contributed by atoms with E-state index >= 15 is 0 Å². The van der Waals surface area contributed by atoms with E-state index in [1.165, 1.54) is 0 Å². The smallest absolute Gasteiger partial charge is 0.188 e. The third kappa shape index (κ3) is 5.12. The first-order chi connectivity index (χ1) is 17.0. The fourth-order valence-electron chi connectivity index (χ4n) is 4.35. The van der Waals surface area contributed by atoms with Gasteiger partial charge in [0, 0.05) is 19.1 Å². The standard InChI is InChI=1S/C26H31N5O3S/c1-17-23-24(31(29-17)20-9-11-21(33-3)12-10-20)28-26(35-23)30-15-13-19(14-16-30)27-25(32)18(2)34-22-7-5-4-6-8-22/h4-12,18-19,25,27,32H,13-16H2,1-3H3. The zero-order chi connectivity index (χ0) is 24.4. The van der Waals surface area contributed by atoms with Crippen LogP contribution in [0.1, 0.15) is 25.5 Å². The maximum atomic E-state index is 10.6. The van der Waals surface area contributed by atoms with Crippen LogP contribution in [0.15, 0.2) is 54.6 Å². The van der Waals surface area contributed by atoms with Gasteiger partial charge in [0.2, 0.25) is 0 Å². The lowest BCUT2D eigenvalue weighted by molar-refractivity contribution is 0.0135. The summed E-state index contributed by atoms with van der Waals surface area (Å²) in [7, 11) is 1.66. The SMILES string of the molecule is COc1ccc(-n2nc(C)c3sc(N4CCC(NC(O)C(C)Oc5ccccc5)CC4)nc32)cc1. The van der Waals surface area contributed by atoms with Crippen molar-refractivity contribution in [2.24, 2.45) is 0 Å². The monoisotopic (exact) mass is 493 g/mol. The molecule has 0 bridgehead atoms. The zero-order valence-electron chi connectivity index (χ0n) is 20.2. The summed E-state index contributed by atoms with van der Waals surface area (Å²) >= 11 is 1.69. The van der Waals surface area contributed by atoms with Gasteiger partial charge < -0.3 is 19.5 Å². The second kappa shape index (κ2) is 10.2. The number of aryl methyl sites for hydroxylation is 1. The molecule has 2 N–H and O–H groups in total. The van der Waals surface area contributed by atoms with Crippen molar-refractivity contribution >= 4 is 26.8 Å². The fraction of sp³-hybridized carbons (Fsp3) is 0.385. The summed E-state index contributed by atoms with van der Waals surface area (Å²) in [6.07, 6.45) is 0.777. The molecule has 35 heavy (non-hydrogen) atoms. The number of rotatable bonds is 8. The lowest BCUT2D eigenvalue weighted by Crippen LogP contribution is -2.50. The minimum atomic E-state index is -0.729. The van der Waals surface area contributed by atoms with Crippen LogP contribution >= 0.6 is 11.3 Å². The Labute approximate surface area is 209 Å². The van der Waals surface area contributed by atoms with Crippen molar-refractivity contribution in [1.29, 1.82) is 0 Å². The topological polar surface area (TPSA) is 84.7 Å². The van der Waals surface area contributed by atoms with E-state index in [0.29, 0.717) is 0 Å². The van der Waals surface area contributed by atoms with Crippen LogP contribution < -0.4 is 19.7 Å². The molecule has 1 saturated heterocycles. The highest BCUT2D eigenvalue weighted by Gasteiger charge is 2.26. The van der Waals surface area contributed by atoms with Crippen LogP contribution in [0.4, 0.5) is 5.13 Å². The Kier molecular flexibility index (Phi) is 6.90. The van der Waals surface area contributed by atoms with Gasteiger partial charge in [-0.3, -0.25) is 5.32 Å². The van der Waals surface area contributed by atoms with Crippen LogP contribution in [0.25, 0.3) is 16.0 Å². The van der Waals surface area contributed by atoms with E-state index in [2.05, 4.69) is 10.2 Å². The quantitative estimate of drug-likeness (QED) is 0.357. The molecular formula is C26H31N5O3S. The predicted molar refractivity (Wildman–Crippen MR) is 139 cm³/mol. The van der Waals surface area contributed by atoms with Crippen LogP contribution in [-0.2, 0) is 0 Å². The van der Waals surface area contributed by atoms with E-state index in [0.717, 1.165) is 64.3 Å². The molecule has 1 aliphatic rings. The van der Waals surface area contributed by atoms with E-state index in [1.54, 1.807) is 18.4 Å². The molecule has 3 heterocycles. The van der Waals surface area contributed by atoms with Crippen LogP contribution in [0.3, 0.4) is 0 Å². The maximum Gasteiger partial charge on any atom is 0.188 e. The van der Waals surface area contributed by atoms with Gasteiger partial charge in [-0.05, 0) is 63.1 Å². The molecule has 0 amide bonds. The molecule has 8 nitrogen and oxygen atoms in total. The molecule has 2 aromatic carbocycles. The first kappa shape index (κ1) is 23.6. The second-order valence-electron chi connectivity index (χ2n) is 8.85. The number of fused-ring (bicyclic) bond motifs is 1. The molecule has 4 aromatic rings. The summed E-state index contributed by atoms with van der Waals surface area (Å²) in [4.78, 5) is 7.29. The highest BCUT2D eigenvalue weighted by molar-refractivity contribution is 7.22. The Morgan fingerprint density at radius 1 is 1.06 bits per heavy atom. The minimum Gasteiger partial charge on any atom is -0.497 e. The minimum absolute atomic E-state index is 0.231. The molecule has 1 aliphatic heterocycles. The van der Waals surface area contributed by atoms with Gasteiger partial charge in [-0.1, -0.05) is 29.5 Å². The molecule has 2 atom stereocenters. The van der Waals surface area contributed by atoms with E-state index in [9.17, 15) is 5.11 Å². The number of piperidine rings is 1. The summed E-state index contributed by atoms with van der Waals surface area (Å²) in [5.74, 6) is 1.57. The lowest BCUT2D eigenvalue weighted by atomic mass is 10.1. The fourth-order valence-corrected chi connectivity index (χ4v) is 5.39. The molecule has 0 saturated carbocycles. The van der Waals surface area contributed by atoms with Gasteiger partial charge in [-0.15, -0.1) is 0 Å². The van der Waals surface area contributed by atoms with Crippen LogP contribution in [0, 0.1) is 6.92 Å². The number of hydrogen-bond donors (Lipinski definition) is 2. The Bertz CT molecular complexity index is 1250. The third-order valence-corrected chi connectivity index (χ3v) is 7.59. The summed E-state index contributed by atoms with van der Waals surface area (Å²) in [6.45, 7) is 5.67. The van der Waals surface area contributed by atoms with Crippen LogP contribution in [-0.4, -0.2) is 58.4 Å². The lowest BCUT2D eigenvalue weighted by Gasteiger charge is -2.34. The number of aromatic nitrogens is 3. The Morgan fingerprint density at radius 2 is 1.77 bits per heavy atom. The Hall–Kier alpha value is -3.14. The molecule has 1 fully saturated rings. The molecule has 5 rings (SSSR count). The Morgan fingerprint density at radius 3 is 2.46 bits per heavy atom. The van der Waals surface area contributed by atoms with Gasteiger partial charge in [0.15, 0.2) is 10.8 Å². The number of para-hydroxylation sites is 1. The average Bonchev–Trinajstić information content (AvgIpc) is 3.45. The van der Waals surface area contributed by atoms with Crippen molar-refractivity contribution in [3.8, 4) is 17.2 Å². The van der Waals surface area contributed by atoms with Gasteiger partial charge in [0.1, 0.15) is 23.8 Å². The van der Waals surface area contributed by atoms with E-state index in [-0.39, 0.29) is 12.1 Å². The predicted octanol–water partition coefficient (Wildman–Crippen LogP) is 4.14. The van der Waals surface area contributed by atoms with Gasteiger partial charge in [0.25, 0.3) is 0 Å². The average molecular weight is 494 g/mol. The zero-order valence-corrected chi connectivity index (χ0v) is 21.0. The maximum absolute atomic E-state index is 10.6. The number of methoxy groups -OCH3 is 1. The first-order valence-corrected chi connectivity index (χ1v) is 12.7. The van der Waals surface area contributed by atoms with Crippen LogP contribution in [0.2, 0.25) is 0 Å². The first-order valence-electron chi connectivity index (χ1n) is 11.9. The third-order valence-electron chi connectivity index (χ3n) is 6.38. The molecule has 0 spiro atoms. The highest BCUT2D eigenvalue weighted by atomic mass is 32.1. The number of thiazole rings is 1. The van der Waals surface area contributed by atoms with E-state index in [1.807, 2.05) is 73.1 Å².